The van der Waals surface area contributed by atoms with Crippen LogP contribution in [0.5, 0.6) is 0 Å². The summed E-state index contributed by atoms with van der Waals surface area (Å²) in [5.41, 5.74) is 4.52. The molecule has 0 saturated heterocycles. The molecule has 0 fully saturated rings. The largest absolute Gasteiger partial charge is 0.413 e. The standard InChI is InChI=1S/C16H32O2Si/c1-7-8-10-15(12-13-17)11-9-14-18-19(5,6)16(2,3)4/h9,17H,7-8,10,12-14H2,1-6H3. The van der Waals surface area contributed by atoms with Gasteiger partial charge in [0, 0.05) is 6.61 Å². The average Bonchev–Trinajstić information content (AvgIpc) is 2.29. The van der Waals surface area contributed by atoms with Gasteiger partial charge < -0.3 is 9.53 Å². The van der Waals surface area contributed by atoms with E-state index in [0.29, 0.717) is 6.61 Å². The molecule has 0 atom stereocenters. The Kier molecular flexibility index (Phi) is 8.60. The molecular formula is C16H32O2Si. The Morgan fingerprint density at radius 2 is 1.89 bits per heavy atom. The van der Waals surface area contributed by atoms with Gasteiger partial charge in [-0.2, -0.15) is 0 Å². The van der Waals surface area contributed by atoms with E-state index in [2.05, 4.69) is 46.5 Å². The SMILES string of the molecule is CCCCC(=C=CCO[Si](C)(C)C(C)(C)C)CCO. The topological polar surface area (TPSA) is 29.5 Å². The molecule has 0 unspecified atom stereocenters. The third kappa shape index (κ3) is 7.73. The third-order valence-corrected chi connectivity index (χ3v) is 8.39. The van der Waals surface area contributed by atoms with Crippen LogP contribution in [0.25, 0.3) is 0 Å². The highest BCUT2D eigenvalue weighted by Crippen LogP contribution is 2.36. The van der Waals surface area contributed by atoms with Gasteiger partial charge in [-0.15, -0.1) is 5.73 Å². The van der Waals surface area contributed by atoms with Crippen LogP contribution in [0.15, 0.2) is 17.4 Å². The van der Waals surface area contributed by atoms with Gasteiger partial charge in [0.1, 0.15) is 0 Å². The lowest BCUT2D eigenvalue weighted by Gasteiger charge is -2.35. The van der Waals surface area contributed by atoms with Crippen molar-refractivity contribution >= 4 is 8.32 Å². The normalized spacial score (nSPS) is 12.2. The first-order valence-electron chi connectivity index (χ1n) is 7.42. The number of hydrogen-bond donors (Lipinski definition) is 1. The molecule has 3 heteroatoms. The minimum absolute atomic E-state index is 0.211. The molecule has 0 aliphatic carbocycles. The lowest BCUT2D eigenvalue weighted by molar-refractivity contribution is 0.297. The maximum Gasteiger partial charge on any atom is 0.192 e. The average molecular weight is 285 g/mol. The van der Waals surface area contributed by atoms with Gasteiger partial charge in [0.15, 0.2) is 8.32 Å². The van der Waals surface area contributed by atoms with Gasteiger partial charge >= 0.3 is 0 Å². The van der Waals surface area contributed by atoms with Crippen LogP contribution in [-0.4, -0.2) is 26.6 Å². The van der Waals surface area contributed by atoms with Gasteiger partial charge in [-0.05, 0) is 49.0 Å². The molecule has 112 valence electrons. The zero-order valence-electron chi connectivity index (χ0n) is 13.7. The van der Waals surface area contributed by atoms with E-state index in [0.717, 1.165) is 12.8 Å². The smallest absolute Gasteiger partial charge is 0.192 e. The Morgan fingerprint density at radius 3 is 2.37 bits per heavy atom. The van der Waals surface area contributed by atoms with Crippen LogP contribution in [-0.2, 0) is 4.43 Å². The summed E-state index contributed by atoms with van der Waals surface area (Å²) in [6, 6.07) is 0. The molecule has 0 amide bonds. The number of unbranched alkanes of at least 4 members (excludes halogenated alkanes) is 1. The number of aliphatic hydroxyl groups excluding tert-OH is 1. The molecule has 0 aliphatic heterocycles. The van der Waals surface area contributed by atoms with Crippen LogP contribution in [0, 0.1) is 0 Å². The van der Waals surface area contributed by atoms with E-state index in [-0.39, 0.29) is 11.6 Å². The second-order valence-corrected chi connectivity index (χ2v) is 11.4. The van der Waals surface area contributed by atoms with Crippen molar-refractivity contribution in [2.24, 2.45) is 0 Å². The molecule has 0 bridgehead atoms. The summed E-state index contributed by atoms with van der Waals surface area (Å²) in [7, 11) is -1.65. The second kappa shape index (κ2) is 8.75. The van der Waals surface area contributed by atoms with Crippen molar-refractivity contribution in [1.29, 1.82) is 0 Å². The molecule has 0 saturated carbocycles. The van der Waals surface area contributed by atoms with Gasteiger partial charge in [-0.1, -0.05) is 34.1 Å². The molecule has 0 rings (SSSR count). The molecule has 0 aromatic carbocycles. The molecule has 2 nitrogen and oxygen atoms in total. The van der Waals surface area contributed by atoms with E-state index >= 15 is 0 Å². The monoisotopic (exact) mass is 284 g/mol. The molecule has 0 spiro atoms. The zero-order chi connectivity index (χ0) is 14.9. The van der Waals surface area contributed by atoms with Crippen molar-refractivity contribution in [2.45, 2.75) is 71.5 Å². The van der Waals surface area contributed by atoms with Crippen LogP contribution in [0.3, 0.4) is 0 Å². The highest BCUT2D eigenvalue weighted by Gasteiger charge is 2.36. The molecule has 1 N–H and O–H groups in total. The minimum Gasteiger partial charge on any atom is -0.413 e. The lowest BCUT2D eigenvalue weighted by atomic mass is 10.1. The molecular weight excluding hydrogens is 252 g/mol. The molecule has 0 aromatic heterocycles. The Hall–Kier alpha value is -0.343. The van der Waals surface area contributed by atoms with Crippen molar-refractivity contribution in [1.82, 2.24) is 0 Å². The summed E-state index contributed by atoms with van der Waals surface area (Å²) < 4.78 is 6.07. The molecule has 0 aliphatic rings. The fourth-order valence-electron chi connectivity index (χ4n) is 1.45. The molecule has 19 heavy (non-hydrogen) atoms. The summed E-state index contributed by atoms with van der Waals surface area (Å²) in [6.45, 7) is 14.3. The van der Waals surface area contributed by atoms with Crippen LogP contribution in [0.4, 0.5) is 0 Å². The van der Waals surface area contributed by atoms with Gasteiger partial charge in [-0.25, -0.2) is 0 Å². The van der Waals surface area contributed by atoms with Crippen molar-refractivity contribution in [3.8, 4) is 0 Å². The second-order valence-electron chi connectivity index (χ2n) is 6.60. The van der Waals surface area contributed by atoms with E-state index in [1.165, 1.54) is 18.4 Å². The number of aliphatic hydroxyl groups is 1. The van der Waals surface area contributed by atoms with Crippen LogP contribution in [0.2, 0.25) is 18.1 Å². The predicted molar refractivity (Wildman–Crippen MR) is 86.0 cm³/mol. The maximum absolute atomic E-state index is 9.03. The highest BCUT2D eigenvalue weighted by molar-refractivity contribution is 6.74. The van der Waals surface area contributed by atoms with E-state index in [1.54, 1.807) is 0 Å². The third-order valence-electron chi connectivity index (χ3n) is 3.89. The van der Waals surface area contributed by atoms with Crippen molar-refractivity contribution in [3.05, 3.63) is 17.4 Å². The Bertz CT molecular complexity index is 307. The van der Waals surface area contributed by atoms with Gasteiger partial charge in [-0.3, -0.25) is 0 Å². The predicted octanol–water partition coefficient (Wildman–Crippen LogP) is 4.66. The maximum atomic E-state index is 9.03. The van der Waals surface area contributed by atoms with Crippen molar-refractivity contribution in [2.75, 3.05) is 13.2 Å². The van der Waals surface area contributed by atoms with E-state index in [4.69, 9.17) is 9.53 Å². The fourth-order valence-corrected chi connectivity index (χ4v) is 2.38. The first-order valence-corrected chi connectivity index (χ1v) is 10.3. The van der Waals surface area contributed by atoms with Gasteiger partial charge in [0.05, 0.1) is 6.61 Å². The quantitative estimate of drug-likeness (QED) is 0.519. The first kappa shape index (κ1) is 18.7. The highest BCUT2D eigenvalue weighted by atomic mass is 28.4. The lowest BCUT2D eigenvalue weighted by Crippen LogP contribution is -2.40. The molecule has 0 radical (unpaired) electrons. The van der Waals surface area contributed by atoms with E-state index in [9.17, 15) is 0 Å². The fraction of sp³-hybridized carbons (Fsp3) is 0.812. The van der Waals surface area contributed by atoms with Crippen molar-refractivity contribution < 1.29 is 9.53 Å². The van der Waals surface area contributed by atoms with Crippen LogP contribution >= 0.6 is 0 Å². The number of rotatable bonds is 8. The summed E-state index contributed by atoms with van der Waals surface area (Å²) >= 11 is 0. The first-order chi connectivity index (χ1) is 8.74. The zero-order valence-corrected chi connectivity index (χ0v) is 14.7. The summed E-state index contributed by atoms with van der Waals surface area (Å²) in [5.74, 6) is 0. The summed E-state index contributed by atoms with van der Waals surface area (Å²) in [6.07, 6.45) is 6.10. The Balaban J connectivity index is 4.44. The van der Waals surface area contributed by atoms with E-state index < -0.39 is 8.32 Å². The van der Waals surface area contributed by atoms with Gasteiger partial charge in [0.2, 0.25) is 0 Å². The van der Waals surface area contributed by atoms with Crippen LogP contribution < -0.4 is 0 Å². The Labute approximate surface area is 120 Å². The van der Waals surface area contributed by atoms with Crippen molar-refractivity contribution in [3.63, 3.8) is 0 Å². The minimum atomic E-state index is -1.65. The summed E-state index contributed by atoms with van der Waals surface area (Å²) in [4.78, 5) is 0. The summed E-state index contributed by atoms with van der Waals surface area (Å²) in [5, 5.41) is 9.28. The van der Waals surface area contributed by atoms with E-state index in [1.807, 2.05) is 6.08 Å². The molecule has 0 heterocycles. The number of hydrogen-bond acceptors (Lipinski definition) is 2. The molecule has 0 aromatic rings. The van der Waals surface area contributed by atoms with Crippen LogP contribution in [0.1, 0.15) is 53.4 Å². The Morgan fingerprint density at radius 1 is 1.26 bits per heavy atom. The van der Waals surface area contributed by atoms with Gasteiger partial charge in [0.25, 0.3) is 0 Å².